The second kappa shape index (κ2) is 6.30. The molecule has 0 amide bonds. The maximum atomic E-state index is 6.13. The van der Waals surface area contributed by atoms with Crippen LogP contribution in [0.3, 0.4) is 0 Å². The summed E-state index contributed by atoms with van der Waals surface area (Å²) < 4.78 is 0. The van der Waals surface area contributed by atoms with Gasteiger partial charge in [0.05, 0.1) is 0 Å². The van der Waals surface area contributed by atoms with Crippen molar-refractivity contribution in [2.24, 2.45) is 0 Å². The van der Waals surface area contributed by atoms with Crippen molar-refractivity contribution in [3.63, 3.8) is 0 Å². The third kappa shape index (κ3) is 3.64. The molecule has 0 fully saturated rings. The lowest BCUT2D eigenvalue weighted by atomic mass is 10.2. The van der Waals surface area contributed by atoms with Crippen molar-refractivity contribution >= 4 is 23.4 Å². The molecule has 4 nitrogen and oxygen atoms in total. The molecule has 0 N–H and O–H groups in total. The summed E-state index contributed by atoms with van der Waals surface area (Å²) in [5.74, 6) is 0. The van der Waals surface area contributed by atoms with Gasteiger partial charge in [0.15, 0.2) is 5.16 Å². The van der Waals surface area contributed by atoms with Crippen molar-refractivity contribution in [1.29, 1.82) is 0 Å². The van der Waals surface area contributed by atoms with Crippen LogP contribution >= 0.6 is 23.4 Å². The van der Waals surface area contributed by atoms with Gasteiger partial charge in [0, 0.05) is 17.0 Å². The summed E-state index contributed by atoms with van der Waals surface area (Å²) in [7, 11) is 0. The highest BCUT2D eigenvalue weighted by molar-refractivity contribution is 7.99. The molecule has 0 radical (unpaired) electrons. The van der Waals surface area contributed by atoms with Gasteiger partial charge in [-0.2, -0.15) is 0 Å². The predicted octanol–water partition coefficient (Wildman–Crippen LogP) is 3.64. The first kappa shape index (κ1) is 14.2. The van der Waals surface area contributed by atoms with Crippen molar-refractivity contribution in [2.45, 2.75) is 43.8 Å². The van der Waals surface area contributed by atoms with E-state index in [0.717, 1.165) is 34.8 Å². The lowest BCUT2D eigenvalue weighted by molar-refractivity contribution is 0.848. The van der Waals surface area contributed by atoms with Crippen LogP contribution in [0.5, 0.6) is 0 Å². The van der Waals surface area contributed by atoms with Gasteiger partial charge >= 0.3 is 0 Å². The number of rotatable bonds is 4. The number of hydrogen-bond acceptors (Lipinski definition) is 5. The minimum Gasteiger partial charge on any atom is -0.229 e. The Morgan fingerprint density at radius 2 is 1.84 bits per heavy atom. The Labute approximate surface area is 122 Å². The lowest BCUT2D eigenvalue weighted by Gasteiger charge is -2.08. The minimum absolute atomic E-state index is 0.517. The van der Waals surface area contributed by atoms with Gasteiger partial charge in [-0.25, -0.2) is 19.9 Å². The van der Waals surface area contributed by atoms with Crippen molar-refractivity contribution in [2.75, 3.05) is 0 Å². The summed E-state index contributed by atoms with van der Waals surface area (Å²) in [6, 6.07) is 1.95. The van der Waals surface area contributed by atoms with Crippen LogP contribution in [0.15, 0.2) is 22.6 Å². The average molecular weight is 295 g/mol. The number of halogens is 1. The van der Waals surface area contributed by atoms with Crippen LogP contribution in [0.2, 0.25) is 5.15 Å². The van der Waals surface area contributed by atoms with Crippen molar-refractivity contribution in [1.82, 2.24) is 19.9 Å². The molecule has 19 heavy (non-hydrogen) atoms. The Balaban J connectivity index is 2.34. The molecule has 0 aromatic carbocycles. The number of nitrogens with zero attached hydrogens (tertiary/aromatic N) is 4. The second-order valence-corrected chi connectivity index (χ2v) is 5.55. The van der Waals surface area contributed by atoms with Crippen LogP contribution in [-0.4, -0.2) is 19.9 Å². The molecule has 0 aliphatic rings. The Morgan fingerprint density at radius 1 is 1.16 bits per heavy atom. The third-order valence-corrected chi connectivity index (χ3v) is 3.74. The Kier molecular flexibility index (Phi) is 4.71. The van der Waals surface area contributed by atoms with Crippen LogP contribution in [-0.2, 0) is 6.42 Å². The van der Waals surface area contributed by atoms with Crippen LogP contribution in [0.25, 0.3) is 0 Å². The summed E-state index contributed by atoms with van der Waals surface area (Å²) in [4.78, 5) is 17.2. The van der Waals surface area contributed by atoms with E-state index in [1.54, 1.807) is 0 Å². The molecule has 0 atom stereocenters. The molecule has 0 saturated carbocycles. The summed E-state index contributed by atoms with van der Waals surface area (Å²) in [6.07, 6.45) is 3.33. The SMILES string of the molecule is CCCc1c(Cl)ncnc1Sc1nc(C)cc(C)n1. The van der Waals surface area contributed by atoms with Gasteiger partial charge in [-0.3, -0.25) is 0 Å². The summed E-state index contributed by atoms with van der Waals surface area (Å²) in [5, 5.41) is 2.06. The fourth-order valence-corrected chi connectivity index (χ4v) is 3.01. The highest BCUT2D eigenvalue weighted by atomic mass is 35.5. The fraction of sp³-hybridized carbons (Fsp3) is 0.385. The highest BCUT2D eigenvalue weighted by Crippen LogP contribution is 2.30. The normalized spacial score (nSPS) is 10.7. The van der Waals surface area contributed by atoms with Crippen LogP contribution in [0, 0.1) is 13.8 Å². The first-order chi connectivity index (χ1) is 9.10. The number of hydrogen-bond donors (Lipinski definition) is 0. The van der Waals surface area contributed by atoms with E-state index in [1.807, 2.05) is 19.9 Å². The van der Waals surface area contributed by atoms with Gasteiger partial charge in [-0.1, -0.05) is 24.9 Å². The topological polar surface area (TPSA) is 51.6 Å². The van der Waals surface area contributed by atoms with Gasteiger partial charge in [0.1, 0.15) is 16.5 Å². The minimum atomic E-state index is 0.517. The molecule has 0 saturated heterocycles. The van der Waals surface area contributed by atoms with E-state index in [4.69, 9.17) is 11.6 Å². The fourth-order valence-electron chi connectivity index (χ4n) is 1.75. The summed E-state index contributed by atoms with van der Waals surface area (Å²) >= 11 is 7.57. The molecular weight excluding hydrogens is 280 g/mol. The third-order valence-electron chi connectivity index (χ3n) is 2.50. The van der Waals surface area contributed by atoms with Crippen molar-refractivity contribution < 1.29 is 0 Å². The first-order valence-electron chi connectivity index (χ1n) is 6.09. The molecule has 0 bridgehead atoms. The molecule has 2 rings (SSSR count). The second-order valence-electron chi connectivity index (χ2n) is 4.23. The molecule has 0 aliphatic carbocycles. The zero-order chi connectivity index (χ0) is 13.8. The molecule has 6 heteroatoms. The van der Waals surface area contributed by atoms with Crippen LogP contribution < -0.4 is 0 Å². The summed E-state index contributed by atoms with van der Waals surface area (Å²) in [6.45, 7) is 6.02. The standard InChI is InChI=1S/C13H15ClN4S/c1-4-5-10-11(14)15-7-16-12(10)19-13-17-8(2)6-9(3)18-13/h6-7H,4-5H2,1-3H3. The first-order valence-corrected chi connectivity index (χ1v) is 7.29. The zero-order valence-corrected chi connectivity index (χ0v) is 12.7. The molecule has 100 valence electrons. The van der Waals surface area contributed by atoms with E-state index in [0.29, 0.717) is 10.3 Å². The maximum absolute atomic E-state index is 6.13. The molecule has 0 spiro atoms. The van der Waals surface area contributed by atoms with Gasteiger partial charge in [0.2, 0.25) is 0 Å². The van der Waals surface area contributed by atoms with Crippen molar-refractivity contribution in [3.05, 3.63) is 34.5 Å². The predicted molar refractivity (Wildman–Crippen MR) is 76.7 cm³/mol. The van der Waals surface area contributed by atoms with Gasteiger partial charge < -0.3 is 0 Å². The van der Waals surface area contributed by atoms with E-state index >= 15 is 0 Å². The van der Waals surface area contributed by atoms with E-state index < -0.39 is 0 Å². The highest BCUT2D eigenvalue weighted by Gasteiger charge is 2.12. The largest absolute Gasteiger partial charge is 0.229 e. The molecule has 2 heterocycles. The summed E-state index contributed by atoms with van der Waals surface area (Å²) in [5.41, 5.74) is 2.87. The van der Waals surface area contributed by atoms with Crippen molar-refractivity contribution in [3.8, 4) is 0 Å². The van der Waals surface area contributed by atoms with E-state index in [1.165, 1.54) is 18.1 Å². The lowest BCUT2D eigenvalue weighted by Crippen LogP contribution is -1.98. The maximum Gasteiger partial charge on any atom is 0.194 e. The Hall–Kier alpha value is -1.20. The smallest absolute Gasteiger partial charge is 0.194 e. The van der Waals surface area contributed by atoms with Crippen LogP contribution in [0.4, 0.5) is 0 Å². The van der Waals surface area contributed by atoms with E-state index in [-0.39, 0.29) is 0 Å². The molecule has 0 unspecified atom stereocenters. The number of aromatic nitrogens is 4. The van der Waals surface area contributed by atoms with E-state index in [9.17, 15) is 0 Å². The van der Waals surface area contributed by atoms with Gasteiger partial charge in [-0.15, -0.1) is 0 Å². The molecular formula is C13H15ClN4S. The average Bonchev–Trinajstić information content (AvgIpc) is 2.32. The monoisotopic (exact) mass is 294 g/mol. The van der Waals surface area contributed by atoms with Crippen LogP contribution in [0.1, 0.15) is 30.3 Å². The molecule has 2 aromatic heterocycles. The molecule has 2 aromatic rings. The van der Waals surface area contributed by atoms with E-state index in [2.05, 4.69) is 26.9 Å². The zero-order valence-electron chi connectivity index (χ0n) is 11.1. The Morgan fingerprint density at radius 3 is 2.47 bits per heavy atom. The quantitative estimate of drug-likeness (QED) is 0.636. The molecule has 0 aliphatic heterocycles. The Bertz CT molecular complexity index is 569. The van der Waals surface area contributed by atoms with Gasteiger partial charge in [0.25, 0.3) is 0 Å². The number of aryl methyl sites for hydroxylation is 2. The van der Waals surface area contributed by atoms with Gasteiger partial charge in [-0.05, 0) is 38.1 Å².